The van der Waals surface area contributed by atoms with Gasteiger partial charge in [0.25, 0.3) is 5.91 Å². The molecule has 104 valence electrons. The van der Waals surface area contributed by atoms with Gasteiger partial charge in [0.15, 0.2) is 0 Å². The van der Waals surface area contributed by atoms with E-state index in [0.717, 1.165) is 24.8 Å². The molecule has 19 heavy (non-hydrogen) atoms. The quantitative estimate of drug-likeness (QED) is 0.892. The molecule has 0 radical (unpaired) electrons. The molecular weight excluding hydrogens is 243 g/mol. The highest BCUT2D eigenvalue weighted by molar-refractivity contribution is 5.94. The lowest BCUT2D eigenvalue weighted by Gasteiger charge is -2.38. The maximum atomic E-state index is 13.9. The summed E-state index contributed by atoms with van der Waals surface area (Å²) in [6.45, 7) is 4.38. The molecule has 1 aliphatic heterocycles. The number of benzene rings is 1. The number of hydrogen-bond donors (Lipinski definition) is 1. The maximum Gasteiger partial charge on any atom is 0.257 e. The number of carbonyl (C=O) groups excluding carboxylic acids is 1. The van der Waals surface area contributed by atoms with Gasteiger partial charge in [-0.15, -0.1) is 0 Å². The molecule has 0 spiro atoms. The van der Waals surface area contributed by atoms with Crippen LogP contribution in [-0.2, 0) is 0 Å². The number of nitrogens with zero attached hydrogens (tertiary/aromatic N) is 1. The number of rotatable bonds is 2. The second kappa shape index (κ2) is 5.70. The number of nitrogens with two attached hydrogens (primary N) is 1. The summed E-state index contributed by atoms with van der Waals surface area (Å²) in [5.74, 6) is -0.682. The standard InChI is InChI=1S/C15H21FN2O/c1-10-6-7-12(13(16)9-10)15(19)18-8-4-3-5-14(18)11(2)17/h6-7,9,11,14H,3-5,8,17H2,1-2H3. The molecule has 0 aromatic heterocycles. The number of piperidine rings is 1. The van der Waals surface area contributed by atoms with Crippen LogP contribution in [0.4, 0.5) is 4.39 Å². The van der Waals surface area contributed by atoms with E-state index >= 15 is 0 Å². The van der Waals surface area contributed by atoms with Crippen molar-refractivity contribution in [2.45, 2.75) is 45.2 Å². The fourth-order valence-electron chi connectivity index (χ4n) is 2.70. The maximum absolute atomic E-state index is 13.9. The lowest BCUT2D eigenvalue weighted by Crippen LogP contribution is -2.51. The molecule has 3 nitrogen and oxygen atoms in total. The molecular formula is C15H21FN2O. The van der Waals surface area contributed by atoms with E-state index in [9.17, 15) is 9.18 Å². The van der Waals surface area contributed by atoms with Crippen molar-refractivity contribution in [1.29, 1.82) is 0 Å². The summed E-state index contributed by atoms with van der Waals surface area (Å²) in [4.78, 5) is 14.2. The molecule has 2 unspecified atom stereocenters. The summed E-state index contributed by atoms with van der Waals surface area (Å²) < 4.78 is 13.9. The molecule has 1 saturated heterocycles. The number of amides is 1. The van der Waals surface area contributed by atoms with Crippen LogP contribution in [0.3, 0.4) is 0 Å². The Morgan fingerprint density at radius 1 is 1.47 bits per heavy atom. The summed E-state index contributed by atoms with van der Waals surface area (Å²) >= 11 is 0. The van der Waals surface area contributed by atoms with Crippen molar-refractivity contribution >= 4 is 5.91 Å². The molecule has 2 N–H and O–H groups in total. The van der Waals surface area contributed by atoms with E-state index in [1.807, 2.05) is 13.8 Å². The molecule has 4 heteroatoms. The average Bonchev–Trinajstić information content (AvgIpc) is 2.38. The molecule has 0 saturated carbocycles. The fraction of sp³-hybridized carbons (Fsp3) is 0.533. The highest BCUT2D eigenvalue weighted by Crippen LogP contribution is 2.22. The second-order valence-electron chi connectivity index (χ2n) is 5.40. The van der Waals surface area contributed by atoms with E-state index in [4.69, 9.17) is 5.73 Å². The predicted octanol–water partition coefficient (Wildman–Crippen LogP) is 2.48. The van der Waals surface area contributed by atoms with Crippen LogP contribution < -0.4 is 5.73 Å². The van der Waals surface area contributed by atoms with Gasteiger partial charge in [-0.3, -0.25) is 4.79 Å². The third-order valence-electron chi connectivity index (χ3n) is 3.77. The van der Waals surface area contributed by atoms with E-state index in [1.54, 1.807) is 17.0 Å². The molecule has 2 rings (SSSR count). The third-order valence-corrected chi connectivity index (χ3v) is 3.77. The lowest BCUT2D eigenvalue weighted by atomic mass is 9.96. The van der Waals surface area contributed by atoms with Crippen LogP contribution in [0, 0.1) is 12.7 Å². The zero-order chi connectivity index (χ0) is 14.0. The predicted molar refractivity (Wildman–Crippen MR) is 73.5 cm³/mol. The zero-order valence-electron chi connectivity index (χ0n) is 11.5. The molecule has 1 amide bonds. The minimum Gasteiger partial charge on any atom is -0.334 e. The van der Waals surface area contributed by atoms with Crippen LogP contribution in [0.2, 0.25) is 0 Å². The summed E-state index contributed by atoms with van der Waals surface area (Å²) in [5, 5.41) is 0. The van der Waals surface area contributed by atoms with Gasteiger partial charge in [-0.05, 0) is 50.8 Å². The first-order valence-electron chi connectivity index (χ1n) is 6.83. The van der Waals surface area contributed by atoms with Crippen molar-refractivity contribution < 1.29 is 9.18 Å². The van der Waals surface area contributed by atoms with Crippen molar-refractivity contribution in [1.82, 2.24) is 4.90 Å². The largest absolute Gasteiger partial charge is 0.334 e. The van der Waals surface area contributed by atoms with E-state index in [0.29, 0.717) is 6.54 Å². The number of aryl methyl sites for hydroxylation is 1. The average molecular weight is 264 g/mol. The first-order valence-corrected chi connectivity index (χ1v) is 6.83. The van der Waals surface area contributed by atoms with Crippen molar-refractivity contribution in [3.63, 3.8) is 0 Å². The van der Waals surface area contributed by atoms with E-state index < -0.39 is 5.82 Å². The van der Waals surface area contributed by atoms with E-state index in [1.165, 1.54) is 6.07 Å². The Hall–Kier alpha value is -1.42. The molecule has 1 fully saturated rings. The topological polar surface area (TPSA) is 46.3 Å². The van der Waals surface area contributed by atoms with Gasteiger partial charge in [0.2, 0.25) is 0 Å². The van der Waals surface area contributed by atoms with Gasteiger partial charge in [-0.25, -0.2) is 4.39 Å². The Labute approximate surface area is 113 Å². The van der Waals surface area contributed by atoms with Gasteiger partial charge in [0.05, 0.1) is 5.56 Å². The van der Waals surface area contributed by atoms with Crippen molar-refractivity contribution in [2.24, 2.45) is 5.73 Å². The van der Waals surface area contributed by atoms with Crippen molar-refractivity contribution in [3.05, 3.63) is 35.1 Å². The van der Waals surface area contributed by atoms with Crippen LogP contribution in [0.5, 0.6) is 0 Å². The van der Waals surface area contributed by atoms with Gasteiger partial charge in [-0.2, -0.15) is 0 Å². The Kier molecular flexibility index (Phi) is 4.20. The first kappa shape index (κ1) is 14.0. The minimum absolute atomic E-state index is 0.0157. The van der Waals surface area contributed by atoms with Crippen molar-refractivity contribution in [2.75, 3.05) is 6.54 Å². The van der Waals surface area contributed by atoms with Crippen LogP contribution in [0.1, 0.15) is 42.1 Å². The summed E-state index contributed by atoms with van der Waals surface area (Å²) in [6.07, 6.45) is 2.94. The van der Waals surface area contributed by atoms with Crippen LogP contribution in [0.15, 0.2) is 18.2 Å². The Morgan fingerprint density at radius 2 is 2.21 bits per heavy atom. The van der Waals surface area contributed by atoms with Crippen LogP contribution in [-0.4, -0.2) is 29.4 Å². The second-order valence-corrected chi connectivity index (χ2v) is 5.40. The van der Waals surface area contributed by atoms with Crippen LogP contribution in [0.25, 0.3) is 0 Å². The smallest absolute Gasteiger partial charge is 0.257 e. The third kappa shape index (κ3) is 2.95. The lowest BCUT2D eigenvalue weighted by molar-refractivity contribution is 0.0579. The van der Waals surface area contributed by atoms with Gasteiger partial charge in [0.1, 0.15) is 5.82 Å². The summed E-state index contributed by atoms with van der Waals surface area (Å²) in [7, 11) is 0. The number of halogens is 1. The minimum atomic E-state index is -0.445. The van der Waals surface area contributed by atoms with E-state index in [2.05, 4.69) is 0 Å². The van der Waals surface area contributed by atoms with Crippen LogP contribution >= 0.6 is 0 Å². The van der Waals surface area contributed by atoms with E-state index in [-0.39, 0.29) is 23.6 Å². The SMILES string of the molecule is Cc1ccc(C(=O)N2CCCCC2C(C)N)c(F)c1. The summed E-state index contributed by atoms with van der Waals surface area (Å²) in [6, 6.07) is 4.67. The monoisotopic (exact) mass is 264 g/mol. The van der Waals surface area contributed by atoms with Gasteiger partial charge < -0.3 is 10.6 Å². The van der Waals surface area contributed by atoms with Crippen molar-refractivity contribution in [3.8, 4) is 0 Å². The zero-order valence-corrected chi connectivity index (χ0v) is 11.5. The van der Waals surface area contributed by atoms with Gasteiger partial charge >= 0.3 is 0 Å². The fourth-order valence-corrected chi connectivity index (χ4v) is 2.70. The van der Waals surface area contributed by atoms with Gasteiger partial charge in [-0.1, -0.05) is 6.07 Å². The van der Waals surface area contributed by atoms with Gasteiger partial charge in [0, 0.05) is 18.6 Å². The number of hydrogen-bond acceptors (Lipinski definition) is 2. The number of carbonyl (C=O) groups is 1. The molecule has 0 bridgehead atoms. The molecule has 1 aliphatic rings. The highest BCUT2D eigenvalue weighted by Gasteiger charge is 2.30. The summed E-state index contributed by atoms with van der Waals surface area (Å²) in [5.41, 5.74) is 6.92. The Balaban J connectivity index is 2.26. The molecule has 1 heterocycles. The first-order chi connectivity index (χ1) is 9.00. The normalized spacial score (nSPS) is 21.3. The molecule has 2 atom stereocenters. The molecule has 0 aliphatic carbocycles. The Bertz CT molecular complexity index is 473. The molecule has 1 aromatic carbocycles. The molecule has 1 aromatic rings. The number of likely N-dealkylation sites (tertiary alicyclic amines) is 1. The Morgan fingerprint density at radius 3 is 2.84 bits per heavy atom. The highest BCUT2D eigenvalue weighted by atomic mass is 19.1.